The van der Waals surface area contributed by atoms with Crippen LogP contribution in [-0.2, 0) is 14.8 Å². The van der Waals surface area contributed by atoms with E-state index in [9.17, 15) is 22.0 Å². The van der Waals surface area contributed by atoms with Crippen LogP contribution in [0.2, 0.25) is 0 Å². The van der Waals surface area contributed by atoms with Crippen molar-refractivity contribution in [2.45, 2.75) is 17.7 Å². The zero-order valence-corrected chi connectivity index (χ0v) is 15.6. The average Bonchev–Trinajstić information content (AvgIpc) is 2.69. The molecule has 5 nitrogen and oxygen atoms in total. The SMILES string of the molecule is CN(C(=O)C1CCN(S(=O)(=O)c2ccc(F)c(F)c2)CC1)c1ccccc1. The third kappa shape index (κ3) is 4.01. The monoisotopic (exact) mass is 394 g/mol. The lowest BCUT2D eigenvalue weighted by Crippen LogP contribution is -2.43. The van der Waals surface area contributed by atoms with Gasteiger partial charge in [0.15, 0.2) is 11.6 Å². The van der Waals surface area contributed by atoms with Crippen LogP contribution in [0.15, 0.2) is 53.4 Å². The van der Waals surface area contributed by atoms with Gasteiger partial charge in [0.05, 0.1) is 4.90 Å². The van der Waals surface area contributed by atoms with Crippen LogP contribution >= 0.6 is 0 Å². The van der Waals surface area contributed by atoms with Crippen molar-refractivity contribution in [1.82, 2.24) is 4.31 Å². The Morgan fingerprint density at radius 1 is 1.04 bits per heavy atom. The van der Waals surface area contributed by atoms with Crippen molar-refractivity contribution in [3.63, 3.8) is 0 Å². The van der Waals surface area contributed by atoms with Gasteiger partial charge in [0.2, 0.25) is 15.9 Å². The first-order valence-corrected chi connectivity index (χ1v) is 10.0. The Bertz CT molecular complexity index is 927. The number of carbonyl (C=O) groups is 1. The number of carbonyl (C=O) groups excluding carboxylic acids is 1. The number of nitrogens with zero attached hydrogens (tertiary/aromatic N) is 2. The van der Waals surface area contributed by atoms with Gasteiger partial charge in [-0.15, -0.1) is 0 Å². The minimum absolute atomic E-state index is 0.0638. The summed E-state index contributed by atoms with van der Waals surface area (Å²) in [6.07, 6.45) is 0.748. The number of benzene rings is 2. The van der Waals surface area contributed by atoms with E-state index in [1.165, 1.54) is 4.31 Å². The van der Waals surface area contributed by atoms with Crippen LogP contribution in [0.25, 0.3) is 0 Å². The number of hydrogen-bond acceptors (Lipinski definition) is 3. The highest BCUT2D eigenvalue weighted by molar-refractivity contribution is 7.89. The number of para-hydroxylation sites is 1. The number of hydrogen-bond donors (Lipinski definition) is 0. The molecule has 27 heavy (non-hydrogen) atoms. The Balaban J connectivity index is 1.67. The first-order valence-electron chi connectivity index (χ1n) is 8.58. The molecule has 0 saturated carbocycles. The Morgan fingerprint density at radius 2 is 1.67 bits per heavy atom. The van der Waals surface area contributed by atoms with Crippen molar-refractivity contribution in [1.29, 1.82) is 0 Å². The standard InChI is InChI=1S/C19H20F2N2O3S/c1-22(15-5-3-2-4-6-15)19(24)14-9-11-23(12-10-14)27(25,26)16-7-8-17(20)18(21)13-16/h2-8,13-14H,9-12H2,1H3. The molecule has 2 aromatic carbocycles. The van der Waals surface area contributed by atoms with Crippen molar-refractivity contribution in [2.24, 2.45) is 5.92 Å². The molecule has 1 fully saturated rings. The van der Waals surface area contributed by atoms with Gasteiger partial charge in [-0.1, -0.05) is 18.2 Å². The maximum Gasteiger partial charge on any atom is 0.243 e. The van der Waals surface area contributed by atoms with Gasteiger partial charge >= 0.3 is 0 Å². The maximum atomic E-state index is 13.4. The van der Waals surface area contributed by atoms with Gasteiger partial charge < -0.3 is 4.90 Å². The molecule has 0 atom stereocenters. The molecule has 2 aromatic rings. The molecule has 1 amide bonds. The van der Waals surface area contributed by atoms with E-state index in [4.69, 9.17) is 0 Å². The van der Waals surface area contributed by atoms with E-state index in [-0.39, 0.29) is 29.8 Å². The second kappa shape index (κ2) is 7.74. The first kappa shape index (κ1) is 19.4. The molecule has 0 spiro atoms. The van der Waals surface area contributed by atoms with Gasteiger partial charge in [-0.2, -0.15) is 4.31 Å². The summed E-state index contributed by atoms with van der Waals surface area (Å²) in [7, 11) is -2.22. The van der Waals surface area contributed by atoms with Crippen molar-refractivity contribution in [2.75, 3.05) is 25.0 Å². The van der Waals surface area contributed by atoms with Crippen molar-refractivity contribution < 1.29 is 22.0 Å². The Morgan fingerprint density at radius 3 is 2.26 bits per heavy atom. The summed E-state index contributed by atoms with van der Waals surface area (Å²) in [6.45, 7) is 0.306. The number of piperidine rings is 1. The van der Waals surface area contributed by atoms with Gasteiger partial charge in [0.1, 0.15) is 0 Å². The molecular weight excluding hydrogens is 374 g/mol. The van der Waals surface area contributed by atoms with Crippen LogP contribution in [-0.4, -0.2) is 38.8 Å². The van der Waals surface area contributed by atoms with E-state index < -0.39 is 21.7 Å². The van der Waals surface area contributed by atoms with E-state index in [1.54, 1.807) is 11.9 Å². The lowest BCUT2D eigenvalue weighted by atomic mass is 9.96. The van der Waals surface area contributed by atoms with E-state index in [0.717, 1.165) is 17.8 Å². The first-order chi connectivity index (χ1) is 12.8. The maximum absolute atomic E-state index is 13.4. The Labute approximate surface area is 157 Å². The largest absolute Gasteiger partial charge is 0.315 e. The third-order valence-electron chi connectivity index (χ3n) is 4.81. The molecule has 8 heteroatoms. The fourth-order valence-electron chi connectivity index (χ4n) is 3.18. The van der Waals surface area contributed by atoms with Crippen LogP contribution in [0.4, 0.5) is 14.5 Å². The highest BCUT2D eigenvalue weighted by Crippen LogP contribution is 2.27. The van der Waals surface area contributed by atoms with E-state index in [1.807, 2.05) is 30.3 Å². The highest BCUT2D eigenvalue weighted by Gasteiger charge is 2.33. The van der Waals surface area contributed by atoms with Gasteiger partial charge in [0.25, 0.3) is 0 Å². The van der Waals surface area contributed by atoms with Crippen LogP contribution < -0.4 is 4.90 Å². The summed E-state index contributed by atoms with van der Waals surface area (Å²) in [6, 6.07) is 11.8. The van der Waals surface area contributed by atoms with Crippen LogP contribution in [0.3, 0.4) is 0 Å². The molecule has 1 heterocycles. The summed E-state index contributed by atoms with van der Waals surface area (Å²) >= 11 is 0. The van der Waals surface area contributed by atoms with E-state index in [2.05, 4.69) is 0 Å². The molecule has 1 aliphatic heterocycles. The molecule has 144 valence electrons. The van der Waals surface area contributed by atoms with Crippen LogP contribution in [0.5, 0.6) is 0 Å². The molecule has 0 aromatic heterocycles. The summed E-state index contributed by atoms with van der Waals surface area (Å²) in [4.78, 5) is 14.0. The smallest absolute Gasteiger partial charge is 0.243 e. The fourth-order valence-corrected chi connectivity index (χ4v) is 4.66. The lowest BCUT2D eigenvalue weighted by molar-refractivity contribution is -0.123. The predicted molar refractivity (Wildman–Crippen MR) is 97.7 cm³/mol. The fraction of sp³-hybridized carbons (Fsp3) is 0.316. The second-order valence-electron chi connectivity index (χ2n) is 6.49. The number of rotatable bonds is 4. The molecule has 0 bridgehead atoms. The Kier molecular flexibility index (Phi) is 5.57. The molecule has 0 unspecified atom stereocenters. The van der Waals surface area contributed by atoms with Crippen molar-refractivity contribution in [3.8, 4) is 0 Å². The van der Waals surface area contributed by atoms with Gasteiger partial charge in [-0.3, -0.25) is 4.79 Å². The predicted octanol–water partition coefficient (Wildman–Crippen LogP) is 3.03. The molecule has 3 rings (SSSR count). The van der Waals surface area contributed by atoms with E-state index in [0.29, 0.717) is 18.9 Å². The quantitative estimate of drug-likeness (QED) is 0.801. The minimum atomic E-state index is -3.92. The number of sulfonamides is 1. The zero-order chi connectivity index (χ0) is 19.6. The van der Waals surface area contributed by atoms with Crippen molar-refractivity contribution in [3.05, 3.63) is 60.2 Å². The third-order valence-corrected chi connectivity index (χ3v) is 6.70. The molecule has 0 aliphatic carbocycles. The summed E-state index contributed by atoms with van der Waals surface area (Å²) in [5.74, 6) is -2.65. The molecule has 1 aliphatic rings. The van der Waals surface area contributed by atoms with Gasteiger partial charge in [-0.05, 0) is 43.2 Å². The minimum Gasteiger partial charge on any atom is -0.315 e. The van der Waals surface area contributed by atoms with Crippen LogP contribution in [0.1, 0.15) is 12.8 Å². The molecule has 0 radical (unpaired) electrons. The molecule has 1 saturated heterocycles. The normalized spacial score (nSPS) is 16.3. The van der Waals surface area contributed by atoms with E-state index >= 15 is 0 Å². The average molecular weight is 394 g/mol. The van der Waals surface area contributed by atoms with Gasteiger partial charge in [-0.25, -0.2) is 17.2 Å². The summed E-state index contributed by atoms with van der Waals surface area (Å²) in [5.41, 5.74) is 0.777. The highest BCUT2D eigenvalue weighted by atomic mass is 32.2. The molecule has 0 N–H and O–H groups in total. The van der Waals surface area contributed by atoms with Gasteiger partial charge in [0, 0.05) is 31.7 Å². The number of anilines is 1. The number of halogens is 2. The zero-order valence-electron chi connectivity index (χ0n) is 14.8. The summed E-state index contributed by atoms with van der Waals surface area (Å²) < 4.78 is 52.9. The topological polar surface area (TPSA) is 57.7 Å². The van der Waals surface area contributed by atoms with Crippen LogP contribution in [0, 0.1) is 17.6 Å². The Hall–Kier alpha value is -2.32. The summed E-state index contributed by atoms with van der Waals surface area (Å²) in [5, 5.41) is 0. The number of amides is 1. The lowest BCUT2D eigenvalue weighted by Gasteiger charge is -2.32. The molecular formula is C19H20F2N2O3S. The second-order valence-corrected chi connectivity index (χ2v) is 8.43. The van der Waals surface area contributed by atoms with Crippen molar-refractivity contribution >= 4 is 21.6 Å².